The molecule has 0 heterocycles. The Bertz CT molecular complexity index is 326. The summed E-state index contributed by atoms with van der Waals surface area (Å²) in [5.41, 5.74) is 0.493. The summed E-state index contributed by atoms with van der Waals surface area (Å²) in [7, 11) is 5.58. The van der Waals surface area contributed by atoms with Crippen LogP contribution in [0.5, 0.6) is 0 Å². The van der Waals surface area contributed by atoms with Crippen LogP contribution in [0.15, 0.2) is 18.2 Å². The van der Waals surface area contributed by atoms with E-state index in [9.17, 15) is 8.78 Å². The van der Waals surface area contributed by atoms with Crippen molar-refractivity contribution in [2.45, 2.75) is 6.04 Å². The number of rotatable bonds is 4. The van der Waals surface area contributed by atoms with Crippen molar-refractivity contribution in [3.63, 3.8) is 0 Å². The largest absolute Gasteiger partial charge is 0.312 e. The lowest BCUT2D eigenvalue weighted by atomic mass is 10.1. The Kier molecular flexibility index (Phi) is 4.17. The first-order valence-corrected chi connectivity index (χ1v) is 4.81. The Labute approximate surface area is 88.9 Å². The van der Waals surface area contributed by atoms with Gasteiger partial charge in [0, 0.05) is 24.2 Å². The van der Waals surface area contributed by atoms with E-state index in [4.69, 9.17) is 0 Å². The maximum Gasteiger partial charge on any atom is 0.130 e. The van der Waals surface area contributed by atoms with Crippen molar-refractivity contribution in [2.75, 3.05) is 27.7 Å². The third-order valence-corrected chi connectivity index (χ3v) is 2.23. The third kappa shape index (κ3) is 3.25. The monoisotopic (exact) mass is 214 g/mol. The molecule has 0 saturated heterocycles. The fraction of sp³-hybridized carbons (Fsp3) is 0.455. The zero-order valence-electron chi connectivity index (χ0n) is 9.22. The van der Waals surface area contributed by atoms with E-state index >= 15 is 0 Å². The number of nitrogens with one attached hydrogen (secondary N) is 1. The highest BCUT2D eigenvalue weighted by molar-refractivity contribution is 5.22. The van der Waals surface area contributed by atoms with Gasteiger partial charge < -0.3 is 10.2 Å². The summed E-state index contributed by atoms with van der Waals surface area (Å²) < 4.78 is 26.1. The fourth-order valence-electron chi connectivity index (χ4n) is 1.49. The SMILES string of the molecule is CNC(CN(C)C)c1ccc(F)cc1F. The first-order chi connectivity index (χ1) is 7.04. The predicted octanol–water partition coefficient (Wildman–Crippen LogP) is 1.79. The average molecular weight is 214 g/mol. The summed E-state index contributed by atoms with van der Waals surface area (Å²) in [5, 5.41) is 3.01. The summed E-state index contributed by atoms with van der Waals surface area (Å²) in [4.78, 5) is 1.95. The number of nitrogens with zero attached hydrogens (tertiary/aromatic N) is 1. The Morgan fingerprint density at radius 2 is 2.00 bits per heavy atom. The summed E-state index contributed by atoms with van der Waals surface area (Å²) in [5.74, 6) is -1.05. The van der Waals surface area contributed by atoms with Gasteiger partial charge in [-0.1, -0.05) is 6.07 Å². The summed E-state index contributed by atoms with van der Waals surface area (Å²) >= 11 is 0. The minimum absolute atomic E-state index is 0.124. The smallest absolute Gasteiger partial charge is 0.130 e. The molecule has 2 nitrogen and oxygen atoms in total. The number of halogens is 2. The quantitative estimate of drug-likeness (QED) is 0.822. The minimum atomic E-state index is -0.545. The maximum atomic E-state index is 13.4. The van der Waals surface area contributed by atoms with E-state index in [-0.39, 0.29) is 6.04 Å². The Morgan fingerprint density at radius 1 is 1.33 bits per heavy atom. The first kappa shape index (κ1) is 12.1. The Balaban J connectivity index is 2.91. The molecular formula is C11H16F2N2. The summed E-state index contributed by atoms with van der Waals surface area (Å²) in [6.07, 6.45) is 0. The molecule has 15 heavy (non-hydrogen) atoms. The molecule has 0 aliphatic carbocycles. The van der Waals surface area contributed by atoms with Crippen molar-refractivity contribution >= 4 is 0 Å². The molecule has 0 fully saturated rings. The van der Waals surface area contributed by atoms with Crippen LogP contribution in [0.4, 0.5) is 8.78 Å². The fourth-order valence-corrected chi connectivity index (χ4v) is 1.49. The van der Waals surface area contributed by atoms with Gasteiger partial charge in [0.2, 0.25) is 0 Å². The Hall–Kier alpha value is -1.00. The molecule has 1 unspecified atom stereocenters. The van der Waals surface area contributed by atoms with Crippen LogP contribution in [0.1, 0.15) is 11.6 Å². The third-order valence-electron chi connectivity index (χ3n) is 2.23. The zero-order valence-corrected chi connectivity index (χ0v) is 9.22. The van der Waals surface area contributed by atoms with Gasteiger partial charge in [-0.3, -0.25) is 0 Å². The Morgan fingerprint density at radius 3 is 2.47 bits per heavy atom. The van der Waals surface area contributed by atoms with E-state index in [0.717, 1.165) is 6.07 Å². The van der Waals surface area contributed by atoms with Crippen molar-refractivity contribution in [3.8, 4) is 0 Å². The molecule has 4 heteroatoms. The molecule has 0 aliphatic rings. The lowest BCUT2D eigenvalue weighted by Crippen LogP contribution is -2.29. The highest BCUT2D eigenvalue weighted by atomic mass is 19.1. The second-order valence-electron chi connectivity index (χ2n) is 3.77. The van der Waals surface area contributed by atoms with E-state index < -0.39 is 11.6 Å². The number of benzene rings is 1. The highest BCUT2D eigenvalue weighted by Crippen LogP contribution is 2.18. The van der Waals surface area contributed by atoms with Crippen LogP contribution in [0.2, 0.25) is 0 Å². The van der Waals surface area contributed by atoms with Crippen LogP contribution >= 0.6 is 0 Å². The summed E-state index contributed by atoms with van der Waals surface area (Å²) in [6, 6.07) is 3.55. The number of hydrogen-bond donors (Lipinski definition) is 1. The van der Waals surface area contributed by atoms with E-state index in [1.165, 1.54) is 12.1 Å². The van der Waals surface area contributed by atoms with Gasteiger partial charge in [0.25, 0.3) is 0 Å². The maximum absolute atomic E-state index is 13.4. The molecule has 1 atom stereocenters. The van der Waals surface area contributed by atoms with Crippen LogP contribution in [0.25, 0.3) is 0 Å². The number of hydrogen-bond acceptors (Lipinski definition) is 2. The van der Waals surface area contributed by atoms with Gasteiger partial charge in [-0.2, -0.15) is 0 Å². The molecule has 1 rings (SSSR count). The summed E-state index contributed by atoms with van der Waals surface area (Å²) in [6.45, 7) is 0.666. The van der Waals surface area contributed by atoms with E-state index in [1.807, 2.05) is 19.0 Å². The molecule has 1 aromatic carbocycles. The van der Waals surface area contributed by atoms with E-state index in [0.29, 0.717) is 12.1 Å². The molecule has 1 aromatic rings. The molecule has 0 bridgehead atoms. The van der Waals surface area contributed by atoms with E-state index in [1.54, 1.807) is 7.05 Å². The molecule has 0 aliphatic heterocycles. The van der Waals surface area contributed by atoms with Crippen molar-refractivity contribution < 1.29 is 8.78 Å². The zero-order chi connectivity index (χ0) is 11.4. The second kappa shape index (κ2) is 5.19. The van der Waals surface area contributed by atoms with Crippen LogP contribution in [0, 0.1) is 11.6 Å². The van der Waals surface area contributed by atoms with Crippen LogP contribution in [-0.2, 0) is 0 Å². The molecular weight excluding hydrogens is 198 g/mol. The molecule has 1 N–H and O–H groups in total. The molecule has 0 aromatic heterocycles. The van der Waals surface area contributed by atoms with Gasteiger partial charge >= 0.3 is 0 Å². The molecule has 0 spiro atoms. The minimum Gasteiger partial charge on any atom is -0.312 e. The van der Waals surface area contributed by atoms with Gasteiger partial charge in [-0.05, 0) is 27.2 Å². The van der Waals surface area contributed by atoms with Gasteiger partial charge in [-0.25, -0.2) is 8.78 Å². The van der Waals surface area contributed by atoms with Crippen LogP contribution in [0.3, 0.4) is 0 Å². The van der Waals surface area contributed by atoms with Crippen LogP contribution in [-0.4, -0.2) is 32.6 Å². The average Bonchev–Trinajstić information content (AvgIpc) is 2.14. The standard InChI is InChI=1S/C11H16F2N2/c1-14-11(7-15(2)3)9-5-4-8(12)6-10(9)13/h4-6,11,14H,7H2,1-3H3. The topological polar surface area (TPSA) is 15.3 Å². The predicted molar refractivity (Wildman–Crippen MR) is 56.7 cm³/mol. The van der Waals surface area contributed by atoms with Crippen molar-refractivity contribution in [1.29, 1.82) is 0 Å². The van der Waals surface area contributed by atoms with Gasteiger partial charge in [0.15, 0.2) is 0 Å². The van der Waals surface area contributed by atoms with Crippen molar-refractivity contribution in [2.24, 2.45) is 0 Å². The number of likely N-dealkylation sites (N-methyl/N-ethyl adjacent to an activating group) is 2. The normalized spacial score (nSPS) is 13.2. The van der Waals surface area contributed by atoms with Crippen LogP contribution < -0.4 is 5.32 Å². The molecule has 0 amide bonds. The van der Waals surface area contributed by atoms with Gasteiger partial charge in [-0.15, -0.1) is 0 Å². The van der Waals surface area contributed by atoms with Crippen molar-refractivity contribution in [1.82, 2.24) is 10.2 Å². The van der Waals surface area contributed by atoms with Crippen molar-refractivity contribution in [3.05, 3.63) is 35.4 Å². The highest BCUT2D eigenvalue weighted by Gasteiger charge is 2.14. The van der Waals surface area contributed by atoms with Gasteiger partial charge in [0.1, 0.15) is 11.6 Å². The molecule has 0 saturated carbocycles. The lowest BCUT2D eigenvalue weighted by Gasteiger charge is -2.21. The second-order valence-corrected chi connectivity index (χ2v) is 3.77. The lowest BCUT2D eigenvalue weighted by molar-refractivity contribution is 0.347. The molecule has 84 valence electrons. The van der Waals surface area contributed by atoms with E-state index in [2.05, 4.69) is 5.32 Å². The molecule has 0 radical (unpaired) electrons. The van der Waals surface area contributed by atoms with Gasteiger partial charge in [0.05, 0.1) is 0 Å². The first-order valence-electron chi connectivity index (χ1n) is 4.81.